The zero-order chi connectivity index (χ0) is 14.7. The molecule has 0 aromatic heterocycles. The van der Waals surface area contributed by atoms with Crippen LogP contribution in [0.15, 0.2) is 0 Å². The summed E-state index contributed by atoms with van der Waals surface area (Å²) in [6.45, 7) is 14.4. The topological polar surface area (TPSA) is 15.3 Å². The van der Waals surface area contributed by atoms with Crippen molar-refractivity contribution in [1.29, 1.82) is 0 Å². The van der Waals surface area contributed by atoms with Gasteiger partial charge < -0.3 is 5.32 Å². The Kier molecular flexibility index (Phi) is 5.92. The Morgan fingerprint density at radius 2 is 1.90 bits per heavy atom. The molecule has 0 spiro atoms. The highest BCUT2D eigenvalue weighted by molar-refractivity contribution is 4.95. The first-order chi connectivity index (χ1) is 9.56. The number of hydrogen-bond acceptors (Lipinski definition) is 2. The minimum Gasteiger partial charge on any atom is -0.311 e. The Hall–Kier alpha value is -0.0800. The lowest BCUT2D eigenvalue weighted by Gasteiger charge is -2.45. The third-order valence-corrected chi connectivity index (χ3v) is 5.90. The Morgan fingerprint density at radius 1 is 1.15 bits per heavy atom. The Balaban J connectivity index is 2.02. The van der Waals surface area contributed by atoms with Gasteiger partial charge in [-0.2, -0.15) is 0 Å². The molecule has 1 heterocycles. The molecular weight excluding hydrogens is 244 g/mol. The fourth-order valence-electron chi connectivity index (χ4n) is 4.67. The van der Waals surface area contributed by atoms with Crippen LogP contribution in [0.2, 0.25) is 0 Å². The lowest BCUT2D eigenvalue weighted by molar-refractivity contribution is 0.0533. The van der Waals surface area contributed by atoms with Crippen molar-refractivity contribution in [3.63, 3.8) is 0 Å². The van der Waals surface area contributed by atoms with Crippen LogP contribution in [0.5, 0.6) is 0 Å². The van der Waals surface area contributed by atoms with E-state index in [2.05, 4.69) is 44.8 Å². The van der Waals surface area contributed by atoms with Crippen LogP contribution in [0, 0.1) is 17.8 Å². The van der Waals surface area contributed by atoms with Gasteiger partial charge in [-0.3, -0.25) is 4.90 Å². The van der Waals surface area contributed by atoms with Gasteiger partial charge in [-0.1, -0.05) is 41.0 Å². The molecule has 0 aromatic rings. The second-order valence-electron chi connectivity index (χ2n) is 7.67. The summed E-state index contributed by atoms with van der Waals surface area (Å²) < 4.78 is 0. The number of rotatable bonds is 5. The average Bonchev–Trinajstić information content (AvgIpc) is 2.79. The Morgan fingerprint density at radius 3 is 2.45 bits per heavy atom. The van der Waals surface area contributed by atoms with Crippen molar-refractivity contribution in [2.75, 3.05) is 13.1 Å². The van der Waals surface area contributed by atoms with Gasteiger partial charge >= 0.3 is 0 Å². The van der Waals surface area contributed by atoms with Crippen molar-refractivity contribution in [2.24, 2.45) is 17.8 Å². The van der Waals surface area contributed by atoms with E-state index in [4.69, 9.17) is 0 Å². The lowest BCUT2D eigenvalue weighted by atomic mass is 9.90. The van der Waals surface area contributed by atoms with E-state index in [1.165, 1.54) is 45.2 Å². The highest BCUT2D eigenvalue weighted by Gasteiger charge is 2.40. The van der Waals surface area contributed by atoms with Crippen LogP contribution in [-0.4, -0.2) is 36.1 Å². The predicted octanol–water partition coefficient (Wildman–Crippen LogP) is 3.91. The zero-order valence-corrected chi connectivity index (χ0v) is 14.4. The second-order valence-corrected chi connectivity index (χ2v) is 7.67. The molecule has 5 atom stereocenters. The highest BCUT2D eigenvalue weighted by atomic mass is 15.3. The number of nitrogens with zero attached hydrogens (tertiary/aromatic N) is 1. The van der Waals surface area contributed by atoms with Gasteiger partial charge in [0.1, 0.15) is 0 Å². The lowest BCUT2D eigenvalue weighted by Crippen LogP contribution is -2.60. The van der Waals surface area contributed by atoms with E-state index in [1.807, 2.05) is 0 Å². The van der Waals surface area contributed by atoms with Gasteiger partial charge in [0, 0.05) is 31.2 Å². The van der Waals surface area contributed by atoms with Crippen LogP contribution in [0.1, 0.15) is 66.7 Å². The van der Waals surface area contributed by atoms with E-state index < -0.39 is 0 Å². The first kappa shape index (κ1) is 16.3. The fourth-order valence-corrected chi connectivity index (χ4v) is 4.67. The van der Waals surface area contributed by atoms with Crippen molar-refractivity contribution >= 4 is 0 Å². The third kappa shape index (κ3) is 3.57. The van der Waals surface area contributed by atoms with Gasteiger partial charge in [-0.05, 0) is 43.4 Å². The van der Waals surface area contributed by atoms with Crippen molar-refractivity contribution in [2.45, 2.75) is 84.8 Å². The van der Waals surface area contributed by atoms with E-state index in [-0.39, 0.29) is 0 Å². The summed E-state index contributed by atoms with van der Waals surface area (Å²) in [5.74, 6) is 2.67. The molecule has 1 N–H and O–H groups in total. The molecule has 1 aliphatic carbocycles. The minimum atomic E-state index is 0.714. The molecule has 2 heteroatoms. The summed E-state index contributed by atoms with van der Waals surface area (Å²) in [5.41, 5.74) is 0. The second kappa shape index (κ2) is 7.26. The Labute approximate surface area is 126 Å². The van der Waals surface area contributed by atoms with Gasteiger partial charge in [0.15, 0.2) is 0 Å². The summed E-state index contributed by atoms with van der Waals surface area (Å²) >= 11 is 0. The van der Waals surface area contributed by atoms with Gasteiger partial charge in [0.2, 0.25) is 0 Å². The molecule has 118 valence electrons. The van der Waals surface area contributed by atoms with E-state index in [0.29, 0.717) is 6.04 Å². The van der Waals surface area contributed by atoms with Gasteiger partial charge in [0.25, 0.3) is 0 Å². The van der Waals surface area contributed by atoms with Crippen LogP contribution < -0.4 is 5.32 Å². The molecule has 0 aromatic carbocycles. The van der Waals surface area contributed by atoms with Crippen molar-refractivity contribution in [3.05, 3.63) is 0 Å². The minimum absolute atomic E-state index is 0.714. The van der Waals surface area contributed by atoms with Crippen molar-refractivity contribution in [1.82, 2.24) is 10.2 Å². The standard InChI is InChI=1S/C18H36N2/c1-6-15-8-9-18(14(15)5)20-12-16(10-13(3)4)19-11-17(20)7-2/h13-19H,6-12H2,1-5H3. The van der Waals surface area contributed by atoms with Gasteiger partial charge in [-0.25, -0.2) is 0 Å². The molecule has 2 rings (SSSR count). The van der Waals surface area contributed by atoms with Crippen molar-refractivity contribution < 1.29 is 0 Å². The first-order valence-electron chi connectivity index (χ1n) is 9.05. The molecule has 0 amide bonds. The molecule has 2 nitrogen and oxygen atoms in total. The van der Waals surface area contributed by atoms with Gasteiger partial charge in [0.05, 0.1) is 0 Å². The third-order valence-electron chi connectivity index (χ3n) is 5.90. The van der Waals surface area contributed by atoms with Gasteiger partial charge in [-0.15, -0.1) is 0 Å². The average molecular weight is 280 g/mol. The van der Waals surface area contributed by atoms with Crippen LogP contribution >= 0.6 is 0 Å². The maximum atomic E-state index is 3.80. The molecule has 2 aliphatic rings. The summed E-state index contributed by atoms with van der Waals surface area (Å²) in [6.07, 6.45) is 6.88. The maximum absolute atomic E-state index is 3.80. The summed E-state index contributed by atoms with van der Waals surface area (Å²) in [6, 6.07) is 2.33. The highest BCUT2D eigenvalue weighted by Crippen LogP contribution is 2.38. The molecular formula is C18H36N2. The smallest absolute Gasteiger partial charge is 0.0221 e. The normalized spacial score (nSPS) is 39.6. The van der Waals surface area contributed by atoms with Crippen LogP contribution in [0.25, 0.3) is 0 Å². The number of piperazine rings is 1. The number of nitrogens with one attached hydrogen (secondary N) is 1. The molecule has 2 fully saturated rings. The molecule has 0 radical (unpaired) electrons. The molecule has 1 saturated heterocycles. The molecule has 0 bridgehead atoms. The molecule has 1 aliphatic heterocycles. The van der Waals surface area contributed by atoms with Crippen molar-refractivity contribution in [3.8, 4) is 0 Å². The maximum Gasteiger partial charge on any atom is 0.0221 e. The Bertz CT molecular complexity index is 289. The molecule has 20 heavy (non-hydrogen) atoms. The van der Waals surface area contributed by atoms with Crippen LogP contribution in [0.4, 0.5) is 0 Å². The quantitative estimate of drug-likeness (QED) is 0.821. The largest absolute Gasteiger partial charge is 0.311 e. The zero-order valence-electron chi connectivity index (χ0n) is 14.4. The number of hydrogen-bond donors (Lipinski definition) is 1. The first-order valence-corrected chi connectivity index (χ1v) is 9.05. The van der Waals surface area contributed by atoms with E-state index >= 15 is 0 Å². The van der Waals surface area contributed by atoms with Crippen LogP contribution in [-0.2, 0) is 0 Å². The SMILES string of the molecule is CCC1CCC(N2CC(CC(C)C)NCC2CC)C1C. The summed E-state index contributed by atoms with van der Waals surface area (Å²) in [7, 11) is 0. The van der Waals surface area contributed by atoms with E-state index in [0.717, 1.165) is 29.8 Å². The van der Waals surface area contributed by atoms with Crippen LogP contribution in [0.3, 0.4) is 0 Å². The molecule has 1 saturated carbocycles. The van der Waals surface area contributed by atoms with E-state index in [1.54, 1.807) is 0 Å². The summed E-state index contributed by atoms with van der Waals surface area (Å²) in [4.78, 5) is 2.89. The fraction of sp³-hybridized carbons (Fsp3) is 1.00. The molecule has 5 unspecified atom stereocenters. The monoisotopic (exact) mass is 280 g/mol. The van der Waals surface area contributed by atoms with E-state index in [9.17, 15) is 0 Å². The summed E-state index contributed by atoms with van der Waals surface area (Å²) in [5, 5.41) is 3.80. The predicted molar refractivity (Wildman–Crippen MR) is 88.0 cm³/mol.